The van der Waals surface area contributed by atoms with E-state index in [9.17, 15) is 0 Å². The van der Waals surface area contributed by atoms with Gasteiger partial charge < -0.3 is 5.32 Å². The molecule has 0 aliphatic heterocycles. The smallest absolute Gasteiger partial charge is 0.135 e. The summed E-state index contributed by atoms with van der Waals surface area (Å²) in [5, 5.41) is 3.12. The largest absolute Gasteiger partial charge is 0.373 e. The number of anilines is 1. The maximum absolute atomic E-state index is 4.67. The summed E-state index contributed by atoms with van der Waals surface area (Å²) in [6, 6.07) is 12.4. The van der Waals surface area contributed by atoms with E-state index in [0.29, 0.717) is 5.92 Å². The molecule has 1 aromatic heterocycles. The van der Waals surface area contributed by atoms with E-state index in [-0.39, 0.29) is 0 Å². The Bertz CT molecular complexity index is 521. The second-order valence-electron chi connectivity index (χ2n) is 5.17. The van der Waals surface area contributed by atoms with Crippen LogP contribution in [0.3, 0.4) is 0 Å². The Labute approximate surface area is 115 Å². The standard InChI is InChI=1S/C16H21N3/c1-12(2)9-14-11-15(17-3)19-16(18-14)10-13-7-5-4-6-8-13/h4-8,11-12H,9-10H2,1-3H3,(H,17,18,19). The third-order valence-corrected chi connectivity index (χ3v) is 2.90. The monoisotopic (exact) mass is 255 g/mol. The molecule has 0 amide bonds. The van der Waals surface area contributed by atoms with Gasteiger partial charge in [-0.15, -0.1) is 0 Å². The van der Waals surface area contributed by atoms with E-state index < -0.39 is 0 Å². The maximum Gasteiger partial charge on any atom is 0.135 e. The summed E-state index contributed by atoms with van der Waals surface area (Å²) in [6.45, 7) is 4.41. The third kappa shape index (κ3) is 4.05. The molecule has 0 bridgehead atoms. The number of nitrogens with one attached hydrogen (secondary N) is 1. The van der Waals surface area contributed by atoms with Crippen LogP contribution in [0, 0.1) is 5.92 Å². The molecule has 0 aliphatic carbocycles. The minimum atomic E-state index is 0.601. The summed E-state index contributed by atoms with van der Waals surface area (Å²) >= 11 is 0. The van der Waals surface area contributed by atoms with Crippen molar-refractivity contribution in [1.82, 2.24) is 9.97 Å². The zero-order chi connectivity index (χ0) is 13.7. The van der Waals surface area contributed by atoms with Crippen LogP contribution in [0.15, 0.2) is 36.4 Å². The molecule has 3 nitrogen and oxygen atoms in total. The summed E-state index contributed by atoms with van der Waals surface area (Å²) in [6.07, 6.45) is 1.76. The molecule has 0 radical (unpaired) electrons. The predicted octanol–water partition coefficient (Wildman–Crippen LogP) is 3.31. The molecule has 100 valence electrons. The summed E-state index contributed by atoms with van der Waals surface area (Å²) in [5.41, 5.74) is 2.35. The highest BCUT2D eigenvalue weighted by Gasteiger charge is 2.06. The minimum Gasteiger partial charge on any atom is -0.373 e. The van der Waals surface area contributed by atoms with Crippen LogP contribution in [-0.2, 0) is 12.8 Å². The average Bonchev–Trinajstić information content (AvgIpc) is 2.38. The highest BCUT2D eigenvalue weighted by Crippen LogP contribution is 2.13. The first-order chi connectivity index (χ1) is 9.17. The molecule has 3 heteroatoms. The van der Waals surface area contributed by atoms with Crippen molar-refractivity contribution < 1.29 is 0 Å². The molecule has 0 fully saturated rings. The van der Waals surface area contributed by atoms with Gasteiger partial charge in [0.05, 0.1) is 0 Å². The van der Waals surface area contributed by atoms with E-state index in [1.165, 1.54) is 5.56 Å². The predicted molar refractivity (Wildman–Crippen MR) is 79.4 cm³/mol. The lowest BCUT2D eigenvalue weighted by Gasteiger charge is -2.09. The third-order valence-electron chi connectivity index (χ3n) is 2.90. The van der Waals surface area contributed by atoms with E-state index in [1.54, 1.807) is 0 Å². The van der Waals surface area contributed by atoms with Gasteiger partial charge in [0.25, 0.3) is 0 Å². The van der Waals surface area contributed by atoms with E-state index >= 15 is 0 Å². The first-order valence-corrected chi connectivity index (χ1v) is 6.76. The van der Waals surface area contributed by atoms with E-state index in [0.717, 1.165) is 30.2 Å². The highest BCUT2D eigenvalue weighted by atomic mass is 15.0. The van der Waals surface area contributed by atoms with Gasteiger partial charge in [0.15, 0.2) is 0 Å². The van der Waals surface area contributed by atoms with E-state index in [4.69, 9.17) is 0 Å². The fourth-order valence-electron chi connectivity index (χ4n) is 2.06. The lowest BCUT2D eigenvalue weighted by Crippen LogP contribution is -2.06. The van der Waals surface area contributed by atoms with Gasteiger partial charge in [-0.2, -0.15) is 0 Å². The number of hydrogen-bond acceptors (Lipinski definition) is 3. The fourth-order valence-corrected chi connectivity index (χ4v) is 2.06. The van der Waals surface area contributed by atoms with Crippen LogP contribution in [-0.4, -0.2) is 17.0 Å². The Morgan fingerprint density at radius 3 is 2.47 bits per heavy atom. The molecule has 0 aliphatic rings. The lowest BCUT2D eigenvalue weighted by molar-refractivity contribution is 0.631. The van der Waals surface area contributed by atoms with Crippen LogP contribution in [0.4, 0.5) is 5.82 Å². The van der Waals surface area contributed by atoms with Crippen LogP contribution in [0.1, 0.15) is 30.9 Å². The minimum absolute atomic E-state index is 0.601. The Kier molecular flexibility index (Phi) is 4.50. The molecule has 0 atom stereocenters. The van der Waals surface area contributed by atoms with Gasteiger partial charge in [0, 0.05) is 25.2 Å². The van der Waals surface area contributed by atoms with Crippen molar-refractivity contribution in [3.05, 3.63) is 53.5 Å². The Morgan fingerprint density at radius 1 is 1.11 bits per heavy atom. The van der Waals surface area contributed by atoms with Crippen molar-refractivity contribution in [2.45, 2.75) is 26.7 Å². The second kappa shape index (κ2) is 6.32. The van der Waals surface area contributed by atoms with Gasteiger partial charge in [-0.05, 0) is 17.9 Å². The van der Waals surface area contributed by atoms with Gasteiger partial charge in [-0.1, -0.05) is 44.2 Å². The average molecular weight is 255 g/mol. The summed E-state index contributed by atoms with van der Waals surface area (Å²) < 4.78 is 0. The molecule has 2 aromatic rings. The quantitative estimate of drug-likeness (QED) is 0.890. The van der Waals surface area contributed by atoms with Crippen molar-refractivity contribution in [3.63, 3.8) is 0 Å². The van der Waals surface area contributed by atoms with Crippen LogP contribution >= 0.6 is 0 Å². The molecule has 0 spiro atoms. The lowest BCUT2D eigenvalue weighted by atomic mass is 10.1. The van der Waals surface area contributed by atoms with Gasteiger partial charge >= 0.3 is 0 Å². The molecule has 1 N–H and O–H groups in total. The van der Waals surface area contributed by atoms with Gasteiger partial charge in [0.1, 0.15) is 11.6 Å². The second-order valence-corrected chi connectivity index (χ2v) is 5.17. The van der Waals surface area contributed by atoms with Gasteiger partial charge in [0.2, 0.25) is 0 Å². The first kappa shape index (κ1) is 13.5. The van der Waals surface area contributed by atoms with Crippen LogP contribution in [0.25, 0.3) is 0 Å². The Morgan fingerprint density at radius 2 is 1.84 bits per heavy atom. The summed E-state index contributed by atoms with van der Waals surface area (Å²) in [5.74, 6) is 2.38. The molecular formula is C16H21N3. The molecule has 19 heavy (non-hydrogen) atoms. The van der Waals surface area contributed by atoms with Crippen molar-refractivity contribution in [2.24, 2.45) is 5.92 Å². The van der Waals surface area contributed by atoms with Crippen molar-refractivity contribution >= 4 is 5.82 Å². The molecule has 2 rings (SSSR count). The normalized spacial score (nSPS) is 10.7. The Hall–Kier alpha value is -1.90. The van der Waals surface area contributed by atoms with E-state index in [2.05, 4.69) is 41.3 Å². The first-order valence-electron chi connectivity index (χ1n) is 6.76. The fraction of sp³-hybridized carbons (Fsp3) is 0.375. The number of aromatic nitrogens is 2. The molecule has 0 saturated heterocycles. The molecule has 1 aromatic carbocycles. The van der Waals surface area contributed by atoms with Gasteiger partial charge in [-0.3, -0.25) is 0 Å². The number of rotatable bonds is 5. The summed E-state index contributed by atoms with van der Waals surface area (Å²) in [7, 11) is 1.90. The van der Waals surface area contributed by atoms with Crippen molar-refractivity contribution in [1.29, 1.82) is 0 Å². The molecule has 0 unspecified atom stereocenters. The number of benzene rings is 1. The maximum atomic E-state index is 4.67. The zero-order valence-corrected chi connectivity index (χ0v) is 11.9. The van der Waals surface area contributed by atoms with Crippen molar-refractivity contribution in [2.75, 3.05) is 12.4 Å². The molecule has 0 saturated carbocycles. The van der Waals surface area contributed by atoms with Gasteiger partial charge in [-0.25, -0.2) is 9.97 Å². The molecular weight excluding hydrogens is 234 g/mol. The van der Waals surface area contributed by atoms with E-state index in [1.807, 2.05) is 31.3 Å². The number of hydrogen-bond donors (Lipinski definition) is 1. The summed E-state index contributed by atoms with van der Waals surface area (Å²) in [4.78, 5) is 9.20. The van der Waals surface area contributed by atoms with Crippen LogP contribution in [0.2, 0.25) is 0 Å². The topological polar surface area (TPSA) is 37.8 Å². The zero-order valence-electron chi connectivity index (χ0n) is 11.9. The Balaban J connectivity index is 2.24. The van der Waals surface area contributed by atoms with Crippen LogP contribution < -0.4 is 5.32 Å². The van der Waals surface area contributed by atoms with Crippen molar-refractivity contribution in [3.8, 4) is 0 Å². The number of nitrogens with zero attached hydrogens (tertiary/aromatic N) is 2. The molecule has 1 heterocycles. The SMILES string of the molecule is CNc1cc(CC(C)C)nc(Cc2ccccc2)n1. The van der Waals surface area contributed by atoms with Crippen LogP contribution in [0.5, 0.6) is 0 Å². The highest BCUT2D eigenvalue weighted by molar-refractivity contribution is 5.36.